The lowest BCUT2D eigenvalue weighted by Crippen LogP contribution is -2.08. The van der Waals surface area contributed by atoms with Gasteiger partial charge in [0.1, 0.15) is 6.54 Å². The molecule has 0 saturated heterocycles. The Hall–Kier alpha value is -2.13. The van der Waals surface area contributed by atoms with Gasteiger partial charge in [0.25, 0.3) is 0 Å². The summed E-state index contributed by atoms with van der Waals surface area (Å²) >= 11 is 3.39. The number of aliphatic carboxylic acids is 1. The number of nitrogens with zero attached hydrogens (tertiary/aromatic N) is 5. The second-order valence-electron chi connectivity index (χ2n) is 4.01. The smallest absolute Gasteiger partial charge is 0.325 e. The predicted molar refractivity (Wildman–Crippen MR) is 81.1 cm³/mol. The van der Waals surface area contributed by atoms with E-state index in [9.17, 15) is 4.79 Å². The normalized spacial score (nSPS) is 10.3. The molecule has 0 aliphatic carbocycles. The second-order valence-corrected chi connectivity index (χ2v) is 4.86. The van der Waals surface area contributed by atoms with Crippen molar-refractivity contribution in [2.24, 2.45) is 0 Å². The number of nitrogens with one attached hydrogen (secondary N) is 1. The van der Waals surface area contributed by atoms with Crippen LogP contribution < -0.4 is 5.32 Å². The van der Waals surface area contributed by atoms with E-state index in [0.29, 0.717) is 17.3 Å². The van der Waals surface area contributed by atoms with Crippen molar-refractivity contribution < 1.29 is 9.90 Å². The first kappa shape index (κ1) is 15.3. The van der Waals surface area contributed by atoms with Gasteiger partial charge in [0.2, 0.25) is 5.95 Å². The van der Waals surface area contributed by atoms with E-state index < -0.39 is 5.97 Å². The van der Waals surface area contributed by atoms with Crippen LogP contribution in [-0.4, -0.2) is 35.5 Å². The summed E-state index contributed by atoms with van der Waals surface area (Å²) in [6, 6.07) is 3.72. The summed E-state index contributed by atoms with van der Waals surface area (Å²) in [6.45, 7) is -0.189. The van der Waals surface area contributed by atoms with Crippen LogP contribution in [0.15, 0.2) is 35.2 Å². The van der Waals surface area contributed by atoms with Crippen LogP contribution in [0.25, 0.3) is 5.65 Å². The van der Waals surface area contributed by atoms with E-state index in [2.05, 4.69) is 36.4 Å². The molecular weight excluding hydrogens is 364 g/mol. The van der Waals surface area contributed by atoms with Crippen molar-refractivity contribution in [1.82, 2.24) is 24.4 Å². The average Bonchev–Trinajstić information content (AvgIpc) is 2.96. The number of hydrogen-bond donors (Lipinski definition) is 2. The van der Waals surface area contributed by atoms with Gasteiger partial charge in [-0.25, -0.2) is 4.52 Å². The van der Waals surface area contributed by atoms with Crippen LogP contribution in [0, 0.1) is 0 Å². The monoisotopic (exact) mass is 372 g/mol. The molecule has 3 aromatic heterocycles. The molecule has 0 aromatic carbocycles. The van der Waals surface area contributed by atoms with Crippen molar-refractivity contribution in [3.63, 3.8) is 0 Å². The van der Waals surface area contributed by atoms with Crippen LogP contribution in [0.3, 0.4) is 0 Å². The summed E-state index contributed by atoms with van der Waals surface area (Å²) in [5.41, 5.74) is 1.31. The van der Waals surface area contributed by atoms with Crippen LogP contribution in [0.1, 0.15) is 0 Å². The maximum atomic E-state index is 10.6. The van der Waals surface area contributed by atoms with Gasteiger partial charge in [-0.15, -0.1) is 17.5 Å². The average molecular weight is 374 g/mol. The molecule has 0 radical (unpaired) electrons. The molecule has 0 spiro atoms. The fourth-order valence-electron chi connectivity index (χ4n) is 1.71. The maximum absolute atomic E-state index is 10.6. The largest absolute Gasteiger partial charge is 0.480 e. The van der Waals surface area contributed by atoms with Gasteiger partial charge in [-0.1, -0.05) is 0 Å². The first-order valence-electron chi connectivity index (χ1n) is 5.64. The lowest BCUT2D eigenvalue weighted by molar-refractivity contribution is -0.137. The molecular formula is C11H10BrClN6O2. The Labute approximate surface area is 133 Å². The van der Waals surface area contributed by atoms with E-state index in [0.717, 1.165) is 4.47 Å². The number of pyridine rings is 1. The number of halogens is 2. The van der Waals surface area contributed by atoms with Gasteiger partial charge in [-0.05, 0) is 28.1 Å². The first-order valence-corrected chi connectivity index (χ1v) is 6.43. The summed E-state index contributed by atoms with van der Waals surface area (Å²) in [4.78, 5) is 14.9. The van der Waals surface area contributed by atoms with E-state index in [1.54, 1.807) is 16.9 Å². The predicted octanol–water partition coefficient (Wildman–Crippen LogP) is 1.94. The Morgan fingerprint density at radius 2 is 2.29 bits per heavy atom. The number of fused-ring (bicyclic) bond motifs is 1. The fraction of sp³-hybridized carbons (Fsp3) is 0.0909. The van der Waals surface area contributed by atoms with Gasteiger partial charge in [0, 0.05) is 12.4 Å². The van der Waals surface area contributed by atoms with E-state index in [1.165, 1.54) is 10.9 Å². The van der Waals surface area contributed by atoms with Gasteiger partial charge < -0.3 is 10.4 Å². The highest BCUT2D eigenvalue weighted by Gasteiger charge is 2.08. The minimum atomic E-state index is -0.950. The molecule has 0 aliphatic heterocycles. The zero-order valence-electron chi connectivity index (χ0n) is 10.5. The number of carbonyl (C=O) groups is 1. The highest BCUT2D eigenvalue weighted by atomic mass is 79.9. The lowest BCUT2D eigenvalue weighted by atomic mass is 10.5. The molecule has 0 bridgehead atoms. The molecule has 3 rings (SSSR count). The molecule has 0 unspecified atom stereocenters. The lowest BCUT2D eigenvalue weighted by Gasteiger charge is -1.95. The zero-order chi connectivity index (χ0) is 14.1. The van der Waals surface area contributed by atoms with Crippen molar-refractivity contribution in [2.45, 2.75) is 6.54 Å². The van der Waals surface area contributed by atoms with Crippen molar-refractivity contribution in [2.75, 3.05) is 5.32 Å². The van der Waals surface area contributed by atoms with Crippen molar-refractivity contribution >= 4 is 51.6 Å². The van der Waals surface area contributed by atoms with Crippen molar-refractivity contribution in [3.8, 4) is 0 Å². The number of rotatable bonds is 4. The van der Waals surface area contributed by atoms with Crippen molar-refractivity contribution in [3.05, 3.63) is 35.2 Å². The van der Waals surface area contributed by atoms with E-state index >= 15 is 0 Å². The molecule has 8 nitrogen and oxygen atoms in total. The Balaban J connectivity index is 0.00000161. The standard InChI is InChI=1S/C11H9BrN6O2.ClH/c12-8-2-1-3-18-10(8)15-11(16-18)14-7-4-13-17(5-7)6-9(19)20;/h1-5H,6H2,(H,14,16)(H,19,20);1H. The number of anilines is 2. The van der Waals surface area contributed by atoms with E-state index in [1.807, 2.05) is 12.1 Å². The zero-order valence-corrected chi connectivity index (χ0v) is 12.9. The number of carboxylic acid groups (broad SMARTS) is 1. The third-order valence-corrected chi connectivity index (χ3v) is 3.12. The summed E-state index contributed by atoms with van der Waals surface area (Å²) in [7, 11) is 0. The topological polar surface area (TPSA) is 97.3 Å². The molecule has 3 aromatic rings. The summed E-state index contributed by atoms with van der Waals surface area (Å²) < 4.78 is 3.78. The maximum Gasteiger partial charge on any atom is 0.325 e. The summed E-state index contributed by atoms with van der Waals surface area (Å²) in [5.74, 6) is -0.541. The quantitative estimate of drug-likeness (QED) is 0.725. The van der Waals surface area contributed by atoms with Crippen molar-refractivity contribution in [1.29, 1.82) is 0 Å². The van der Waals surface area contributed by atoms with Crippen LogP contribution in [0.5, 0.6) is 0 Å². The Bertz CT molecular complexity index is 786. The van der Waals surface area contributed by atoms with E-state index in [-0.39, 0.29) is 19.0 Å². The molecule has 2 N–H and O–H groups in total. The molecule has 0 fully saturated rings. The minimum Gasteiger partial charge on any atom is -0.480 e. The summed E-state index contributed by atoms with van der Waals surface area (Å²) in [5, 5.41) is 19.8. The van der Waals surface area contributed by atoms with Crippen LogP contribution in [-0.2, 0) is 11.3 Å². The van der Waals surface area contributed by atoms with Gasteiger partial charge >= 0.3 is 5.97 Å². The fourth-order valence-corrected chi connectivity index (χ4v) is 2.13. The van der Waals surface area contributed by atoms with Gasteiger partial charge in [0.05, 0.1) is 16.4 Å². The number of aromatic nitrogens is 5. The molecule has 21 heavy (non-hydrogen) atoms. The SMILES string of the molecule is Cl.O=C(O)Cn1cc(Nc2nc3c(Br)cccn3n2)cn1. The highest BCUT2D eigenvalue weighted by Crippen LogP contribution is 2.18. The molecule has 0 saturated carbocycles. The Morgan fingerprint density at radius 3 is 3.00 bits per heavy atom. The molecule has 10 heteroatoms. The molecule has 0 amide bonds. The highest BCUT2D eigenvalue weighted by molar-refractivity contribution is 9.10. The molecule has 110 valence electrons. The van der Waals surface area contributed by atoms with Crippen LogP contribution in [0.2, 0.25) is 0 Å². The van der Waals surface area contributed by atoms with E-state index in [4.69, 9.17) is 5.11 Å². The molecule has 0 atom stereocenters. The summed E-state index contributed by atoms with van der Waals surface area (Å²) in [6.07, 6.45) is 4.88. The minimum absolute atomic E-state index is 0. The van der Waals surface area contributed by atoms with Gasteiger partial charge in [0.15, 0.2) is 5.65 Å². The molecule has 0 aliphatic rings. The Morgan fingerprint density at radius 1 is 1.48 bits per heavy atom. The van der Waals surface area contributed by atoms with Crippen LogP contribution >= 0.6 is 28.3 Å². The Kier molecular flexibility index (Phi) is 4.43. The molecule has 3 heterocycles. The van der Waals surface area contributed by atoms with Gasteiger partial charge in [-0.3, -0.25) is 9.48 Å². The van der Waals surface area contributed by atoms with Gasteiger partial charge in [-0.2, -0.15) is 10.1 Å². The number of hydrogen-bond acceptors (Lipinski definition) is 5. The second kappa shape index (κ2) is 6.10. The third kappa shape index (κ3) is 3.31. The number of carboxylic acids is 1. The first-order chi connectivity index (χ1) is 9.61. The third-order valence-electron chi connectivity index (χ3n) is 2.50. The van der Waals surface area contributed by atoms with Crippen LogP contribution in [0.4, 0.5) is 11.6 Å².